The van der Waals surface area contributed by atoms with E-state index in [0.29, 0.717) is 11.6 Å². The molecule has 0 saturated carbocycles. The number of hydrogen-bond donors (Lipinski definition) is 2. The van der Waals surface area contributed by atoms with E-state index < -0.39 is 0 Å². The van der Waals surface area contributed by atoms with Gasteiger partial charge in [-0.05, 0) is 18.9 Å². The standard InChI is InChI=1S/C14H16N4O/c1-3-12(11-7-5-4-6-8-11)17-18-14-15-10(2)9-13(19)16-14/h4-9H,3H2,1-2H3,(H2,15,16,18,19). The Morgan fingerprint density at radius 3 is 2.74 bits per heavy atom. The first kappa shape index (κ1) is 13.0. The zero-order valence-electron chi connectivity index (χ0n) is 11.0. The maximum atomic E-state index is 11.3. The third-order valence-corrected chi connectivity index (χ3v) is 2.61. The van der Waals surface area contributed by atoms with E-state index in [-0.39, 0.29) is 5.56 Å². The molecule has 1 aromatic carbocycles. The zero-order chi connectivity index (χ0) is 13.7. The highest BCUT2D eigenvalue weighted by molar-refractivity contribution is 6.00. The molecule has 0 bridgehead atoms. The summed E-state index contributed by atoms with van der Waals surface area (Å²) in [7, 11) is 0. The maximum absolute atomic E-state index is 11.3. The quantitative estimate of drug-likeness (QED) is 0.651. The van der Waals surface area contributed by atoms with Crippen molar-refractivity contribution < 1.29 is 0 Å². The molecule has 0 spiro atoms. The van der Waals surface area contributed by atoms with Crippen molar-refractivity contribution >= 4 is 11.7 Å². The fraction of sp³-hybridized carbons (Fsp3) is 0.214. The Bertz CT molecular complexity index is 631. The van der Waals surface area contributed by atoms with Gasteiger partial charge in [0.1, 0.15) is 0 Å². The van der Waals surface area contributed by atoms with Crippen LogP contribution in [0.15, 0.2) is 46.3 Å². The van der Waals surface area contributed by atoms with Gasteiger partial charge in [-0.15, -0.1) is 0 Å². The lowest BCUT2D eigenvalue weighted by Crippen LogP contribution is -2.11. The smallest absolute Gasteiger partial charge is 0.252 e. The monoisotopic (exact) mass is 256 g/mol. The van der Waals surface area contributed by atoms with E-state index in [2.05, 4.69) is 20.5 Å². The van der Waals surface area contributed by atoms with Gasteiger partial charge < -0.3 is 0 Å². The van der Waals surface area contributed by atoms with E-state index in [1.54, 1.807) is 6.92 Å². The van der Waals surface area contributed by atoms with Crippen LogP contribution in [0.5, 0.6) is 0 Å². The summed E-state index contributed by atoms with van der Waals surface area (Å²) in [6, 6.07) is 11.3. The number of aromatic amines is 1. The van der Waals surface area contributed by atoms with Gasteiger partial charge >= 0.3 is 0 Å². The first-order valence-electron chi connectivity index (χ1n) is 6.15. The van der Waals surface area contributed by atoms with E-state index >= 15 is 0 Å². The highest BCUT2D eigenvalue weighted by Crippen LogP contribution is 2.05. The number of hydrogen-bond acceptors (Lipinski definition) is 4. The van der Waals surface area contributed by atoms with Crippen LogP contribution in [-0.2, 0) is 0 Å². The molecule has 2 N–H and O–H groups in total. The first-order valence-corrected chi connectivity index (χ1v) is 6.15. The number of aromatic nitrogens is 2. The first-order chi connectivity index (χ1) is 9.19. The largest absolute Gasteiger partial charge is 0.291 e. The summed E-state index contributed by atoms with van der Waals surface area (Å²) in [6.45, 7) is 3.79. The van der Waals surface area contributed by atoms with Crippen molar-refractivity contribution in [3.05, 3.63) is 58.0 Å². The molecule has 0 aliphatic rings. The molecule has 0 fully saturated rings. The van der Waals surface area contributed by atoms with Crippen LogP contribution in [0, 0.1) is 6.92 Å². The van der Waals surface area contributed by atoms with Gasteiger partial charge in [-0.2, -0.15) is 5.10 Å². The van der Waals surface area contributed by atoms with Gasteiger partial charge in [0.2, 0.25) is 5.95 Å². The van der Waals surface area contributed by atoms with E-state index in [1.807, 2.05) is 37.3 Å². The van der Waals surface area contributed by atoms with Crippen LogP contribution in [0.4, 0.5) is 5.95 Å². The molecular formula is C14H16N4O. The number of anilines is 1. The predicted molar refractivity (Wildman–Crippen MR) is 76.5 cm³/mol. The minimum absolute atomic E-state index is 0.192. The molecule has 5 nitrogen and oxygen atoms in total. The van der Waals surface area contributed by atoms with E-state index in [9.17, 15) is 4.79 Å². The lowest BCUT2D eigenvalue weighted by Gasteiger charge is -2.05. The van der Waals surface area contributed by atoms with Crippen molar-refractivity contribution in [3.63, 3.8) is 0 Å². The highest BCUT2D eigenvalue weighted by Gasteiger charge is 2.01. The van der Waals surface area contributed by atoms with Crippen molar-refractivity contribution in [2.75, 3.05) is 5.43 Å². The van der Waals surface area contributed by atoms with Crippen molar-refractivity contribution in [2.24, 2.45) is 5.10 Å². The van der Waals surface area contributed by atoms with Crippen LogP contribution >= 0.6 is 0 Å². The maximum Gasteiger partial charge on any atom is 0.252 e. The van der Waals surface area contributed by atoms with Crippen molar-refractivity contribution in [3.8, 4) is 0 Å². The summed E-state index contributed by atoms with van der Waals surface area (Å²) in [5, 5.41) is 4.30. The second-order valence-corrected chi connectivity index (χ2v) is 4.13. The van der Waals surface area contributed by atoms with Gasteiger partial charge in [-0.25, -0.2) is 10.4 Å². The summed E-state index contributed by atoms with van der Waals surface area (Å²) < 4.78 is 0. The molecule has 2 aromatic rings. The highest BCUT2D eigenvalue weighted by atomic mass is 16.1. The number of rotatable bonds is 4. The van der Waals surface area contributed by atoms with Crippen LogP contribution in [0.1, 0.15) is 24.6 Å². The molecule has 19 heavy (non-hydrogen) atoms. The molecule has 1 heterocycles. The number of H-pyrrole nitrogens is 1. The molecule has 2 rings (SSSR count). The number of hydrazone groups is 1. The molecule has 0 saturated heterocycles. The molecule has 1 aromatic heterocycles. The molecule has 0 aliphatic carbocycles. The topological polar surface area (TPSA) is 70.1 Å². The van der Waals surface area contributed by atoms with Crippen LogP contribution < -0.4 is 11.0 Å². The molecule has 0 atom stereocenters. The normalized spacial score (nSPS) is 11.4. The number of aryl methyl sites for hydroxylation is 1. The molecule has 98 valence electrons. The van der Waals surface area contributed by atoms with Crippen molar-refractivity contribution in [1.29, 1.82) is 0 Å². The summed E-state index contributed by atoms with van der Waals surface area (Å²) in [5.41, 5.74) is 5.21. The summed E-state index contributed by atoms with van der Waals surface area (Å²) in [5.74, 6) is 0.354. The lowest BCUT2D eigenvalue weighted by atomic mass is 10.1. The molecule has 0 amide bonds. The third-order valence-electron chi connectivity index (χ3n) is 2.61. The molecule has 5 heteroatoms. The minimum atomic E-state index is -0.192. The Balaban J connectivity index is 2.23. The van der Waals surface area contributed by atoms with Gasteiger partial charge in [0.25, 0.3) is 5.56 Å². The van der Waals surface area contributed by atoms with E-state index in [0.717, 1.165) is 17.7 Å². The van der Waals surface area contributed by atoms with E-state index in [4.69, 9.17) is 0 Å². The Morgan fingerprint density at radius 1 is 1.37 bits per heavy atom. The second kappa shape index (κ2) is 5.95. The second-order valence-electron chi connectivity index (χ2n) is 4.13. The van der Waals surface area contributed by atoms with Gasteiger partial charge in [-0.1, -0.05) is 37.3 Å². The Morgan fingerprint density at radius 2 is 2.11 bits per heavy atom. The molecule has 0 aliphatic heterocycles. The summed E-state index contributed by atoms with van der Waals surface area (Å²) in [6.07, 6.45) is 0.785. The van der Waals surface area contributed by atoms with Gasteiger partial charge in [0.05, 0.1) is 5.71 Å². The summed E-state index contributed by atoms with van der Waals surface area (Å²) in [4.78, 5) is 18.1. The lowest BCUT2D eigenvalue weighted by molar-refractivity contribution is 1.04. The van der Waals surface area contributed by atoms with E-state index in [1.165, 1.54) is 6.07 Å². The Kier molecular flexibility index (Phi) is 4.07. The average molecular weight is 256 g/mol. The van der Waals surface area contributed by atoms with Crippen LogP contribution in [0.2, 0.25) is 0 Å². The molecular weight excluding hydrogens is 240 g/mol. The van der Waals surface area contributed by atoms with Gasteiger partial charge in [0.15, 0.2) is 0 Å². The number of nitrogens with zero attached hydrogens (tertiary/aromatic N) is 2. The van der Waals surface area contributed by atoms with Crippen molar-refractivity contribution in [2.45, 2.75) is 20.3 Å². The fourth-order valence-corrected chi connectivity index (χ4v) is 1.73. The van der Waals surface area contributed by atoms with Crippen LogP contribution in [0.3, 0.4) is 0 Å². The minimum Gasteiger partial charge on any atom is -0.291 e. The zero-order valence-corrected chi connectivity index (χ0v) is 11.0. The SMILES string of the molecule is CCC(=NNc1nc(C)cc(=O)[nH]1)c1ccccc1. The van der Waals surface area contributed by atoms with Crippen molar-refractivity contribution in [1.82, 2.24) is 9.97 Å². The van der Waals surface area contributed by atoms with Gasteiger partial charge in [0, 0.05) is 11.8 Å². The average Bonchev–Trinajstić information content (AvgIpc) is 2.39. The molecule has 0 radical (unpaired) electrons. The number of nitrogens with one attached hydrogen (secondary N) is 2. The third kappa shape index (κ3) is 3.51. The molecule has 0 unspecified atom stereocenters. The Labute approximate surface area is 111 Å². The predicted octanol–water partition coefficient (Wildman–Crippen LogP) is 2.30. The fourth-order valence-electron chi connectivity index (χ4n) is 1.73. The Hall–Kier alpha value is -2.43. The van der Waals surface area contributed by atoms with Gasteiger partial charge in [-0.3, -0.25) is 9.78 Å². The number of benzene rings is 1. The van der Waals surface area contributed by atoms with Crippen LogP contribution in [0.25, 0.3) is 0 Å². The summed E-state index contributed by atoms with van der Waals surface area (Å²) >= 11 is 0. The van der Waals surface area contributed by atoms with Crippen LogP contribution in [-0.4, -0.2) is 15.7 Å².